The lowest BCUT2D eigenvalue weighted by molar-refractivity contribution is 0.593. The van der Waals surface area contributed by atoms with Crippen LogP contribution in [0.15, 0.2) is 59.5 Å². The average Bonchev–Trinajstić information content (AvgIpc) is 2.75. The monoisotopic (exact) mass is 436 g/mol. The first-order chi connectivity index (χ1) is 14.9. The third-order valence-electron chi connectivity index (χ3n) is 4.67. The Morgan fingerprint density at radius 2 is 1.94 bits per heavy atom. The van der Waals surface area contributed by atoms with E-state index in [0.29, 0.717) is 28.2 Å². The van der Waals surface area contributed by atoms with Crippen LogP contribution in [0, 0.1) is 5.82 Å². The summed E-state index contributed by atoms with van der Waals surface area (Å²) in [4.78, 5) is 25.6. The molecular formula is C22H21FN6OS. The number of hydrogen-bond donors (Lipinski definition) is 2. The second kappa shape index (κ2) is 8.73. The van der Waals surface area contributed by atoms with Crippen LogP contribution in [0.1, 0.15) is 25.5 Å². The van der Waals surface area contributed by atoms with Gasteiger partial charge in [-0.15, -0.1) is 0 Å². The van der Waals surface area contributed by atoms with Crippen molar-refractivity contribution in [3.63, 3.8) is 0 Å². The van der Waals surface area contributed by atoms with Crippen molar-refractivity contribution >= 4 is 34.7 Å². The summed E-state index contributed by atoms with van der Waals surface area (Å²) in [5, 5.41) is 0. The fourth-order valence-corrected chi connectivity index (χ4v) is 3.95. The Morgan fingerprint density at radius 3 is 2.65 bits per heavy atom. The second-order valence-electron chi connectivity index (χ2n) is 7.24. The van der Waals surface area contributed by atoms with Crippen molar-refractivity contribution in [2.24, 2.45) is 0 Å². The minimum Gasteiger partial charge on any atom is -0.368 e. The fraction of sp³-hybridized carbons (Fsp3) is 0.182. The van der Waals surface area contributed by atoms with E-state index >= 15 is 0 Å². The van der Waals surface area contributed by atoms with Gasteiger partial charge < -0.3 is 10.5 Å². The van der Waals surface area contributed by atoms with Crippen molar-refractivity contribution in [1.82, 2.24) is 19.5 Å². The first-order valence-corrected chi connectivity index (χ1v) is 10.7. The van der Waals surface area contributed by atoms with Gasteiger partial charge in [-0.05, 0) is 43.5 Å². The molecule has 4 rings (SSSR count). The number of rotatable bonds is 6. The zero-order valence-corrected chi connectivity index (χ0v) is 17.9. The van der Waals surface area contributed by atoms with E-state index in [-0.39, 0.29) is 23.2 Å². The van der Waals surface area contributed by atoms with Crippen LogP contribution >= 0.6 is 11.9 Å². The van der Waals surface area contributed by atoms with Gasteiger partial charge >= 0.3 is 0 Å². The predicted octanol–water partition coefficient (Wildman–Crippen LogP) is 4.42. The van der Waals surface area contributed by atoms with Gasteiger partial charge in [0, 0.05) is 17.4 Å². The molecule has 4 aromatic rings. The molecule has 0 aliphatic rings. The van der Waals surface area contributed by atoms with Crippen LogP contribution in [0.5, 0.6) is 0 Å². The second-order valence-corrected chi connectivity index (χ2v) is 8.02. The SMILES string of the molecule is CC(C)n1c(=O)c(-c2ccc(NSCc3ccccc3)c(F)c2)nc2cnc(N)nc21. The van der Waals surface area contributed by atoms with Crippen LogP contribution in [-0.4, -0.2) is 19.5 Å². The minimum atomic E-state index is -0.469. The molecule has 0 amide bonds. The molecule has 0 aliphatic carbocycles. The molecule has 2 aromatic heterocycles. The molecule has 158 valence electrons. The molecule has 0 bridgehead atoms. The molecule has 9 heteroatoms. The molecule has 3 N–H and O–H groups in total. The van der Waals surface area contributed by atoms with Crippen molar-refractivity contribution in [3.8, 4) is 11.3 Å². The highest BCUT2D eigenvalue weighted by atomic mass is 32.2. The number of nitrogens with one attached hydrogen (secondary N) is 1. The molecule has 0 unspecified atom stereocenters. The smallest absolute Gasteiger partial charge is 0.278 e. The Kier molecular flexibility index (Phi) is 5.85. The topological polar surface area (TPSA) is 98.7 Å². The van der Waals surface area contributed by atoms with Crippen LogP contribution in [0.3, 0.4) is 0 Å². The number of nitrogens with zero attached hydrogens (tertiary/aromatic N) is 4. The molecule has 2 heterocycles. The van der Waals surface area contributed by atoms with E-state index in [1.165, 1.54) is 28.8 Å². The summed E-state index contributed by atoms with van der Waals surface area (Å²) in [6.07, 6.45) is 1.46. The van der Waals surface area contributed by atoms with Gasteiger partial charge in [0.05, 0.1) is 11.9 Å². The van der Waals surface area contributed by atoms with Gasteiger partial charge in [0.1, 0.15) is 17.0 Å². The van der Waals surface area contributed by atoms with E-state index < -0.39 is 5.82 Å². The Labute approximate surface area is 182 Å². The fourth-order valence-electron chi connectivity index (χ4n) is 3.20. The molecule has 0 saturated heterocycles. The molecule has 0 fully saturated rings. The highest BCUT2D eigenvalue weighted by Gasteiger charge is 2.17. The van der Waals surface area contributed by atoms with Gasteiger partial charge in [0.25, 0.3) is 5.56 Å². The molecular weight excluding hydrogens is 415 g/mol. The molecule has 0 spiro atoms. The van der Waals surface area contributed by atoms with E-state index in [2.05, 4.69) is 19.7 Å². The number of nitrogens with two attached hydrogens (primary N) is 1. The number of hydrogen-bond acceptors (Lipinski definition) is 7. The summed E-state index contributed by atoms with van der Waals surface area (Å²) in [6, 6.07) is 14.3. The van der Waals surface area contributed by atoms with Crippen molar-refractivity contribution in [1.29, 1.82) is 0 Å². The number of nitrogen functional groups attached to an aromatic ring is 1. The van der Waals surface area contributed by atoms with E-state index in [9.17, 15) is 9.18 Å². The maximum atomic E-state index is 14.8. The Balaban J connectivity index is 1.65. The lowest BCUT2D eigenvalue weighted by Crippen LogP contribution is -2.26. The molecule has 7 nitrogen and oxygen atoms in total. The standard InChI is InChI=1S/C22H21FN6OS/c1-13(2)29-20-18(11-25-22(24)27-20)26-19(21(29)30)15-8-9-17(16(23)10-15)28-31-12-14-6-4-3-5-7-14/h3-11,13,28H,12H2,1-2H3,(H2,24,25,27). The normalized spacial score (nSPS) is 11.2. The van der Waals surface area contributed by atoms with Crippen LogP contribution in [0.4, 0.5) is 16.0 Å². The summed E-state index contributed by atoms with van der Waals surface area (Å²) >= 11 is 1.39. The van der Waals surface area contributed by atoms with E-state index in [4.69, 9.17) is 5.73 Å². The van der Waals surface area contributed by atoms with E-state index in [1.54, 1.807) is 12.1 Å². The third kappa shape index (κ3) is 4.36. The van der Waals surface area contributed by atoms with E-state index in [0.717, 1.165) is 5.56 Å². The van der Waals surface area contributed by atoms with E-state index in [1.807, 2.05) is 44.2 Å². The lowest BCUT2D eigenvalue weighted by Gasteiger charge is -2.15. The first-order valence-electron chi connectivity index (χ1n) is 9.70. The van der Waals surface area contributed by atoms with Crippen LogP contribution in [0.25, 0.3) is 22.4 Å². The van der Waals surface area contributed by atoms with Gasteiger partial charge in [-0.2, -0.15) is 4.98 Å². The quantitative estimate of drug-likeness (QED) is 0.432. The lowest BCUT2D eigenvalue weighted by atomic mass is 10.1. The summed E-state index contributed by atoms with van der Waals surface area (Å²) in [5.74, 6) is 0.283. The van der Waals surface area contributed by atoms with Gasteiger partial charge in [-0.3, -0.25) is 9.36 Å². The highest BCUT2D eigenvalue weighted by Crippen LogP contribution is 2.25. The van der Waals surface area contributed by atoms with Crippen LogP contribution < -0.4 is 16.0 Å². The number of benzene rings is 2. The van der Waals surface area contributed by atoms with Crippen molar-refractivity contribution in [2.75, 3.05) is 10.5 Å². The summed E-state index contributed by atoms with van der Waals surface area (Å²) in [5.41, 5.74) is 8.08. The number of fused-ring (bicyclic) bond motifs is 1. The number of anilines is 2. The minimum absolute atomic E-state index is 0.0605. The molecule has 0 radical (unpaired) electrons. The van der Waals surface area contributed by atoms with Gasteiger partial charge in [0.15, 0.2) is 5.65 Å². The maximum Gasteiger partial charge on any atom is 0.278 e. The molecule has 0 aliphatic heterocycles. The average molecular weight is 437 g/mol. The Bertz CT molecular complexity index is 1290. The Hall–Kier alpha value is -3.46. The highest BCUT2D eigenvalue weighted by molar-refractivity contribution is 7.99. The van der Waals surface area contributed by atoms with Crippen LogP contribution in [0.2, 0.25) is 0 Å². The van der Waals surface area contributed by atoms with Crippen molar-refractivity contribution in [3.05, 3.63) is 76.5 Å². The number of halogens is 1. The molecule has 0 atom stereocenters. The van der Waals surface area contributed by atoms with Crippen LogP contribution in [-0.2, 0) is 5.75 Å². The summed E-state index contributed by atoms with van der Waals surface area (Å²) < 4.78 is 19.3. The first kappa shape index (κ1) is 20.8. The Morgan fingerprint density at radius 1 is 1.16 bits per heavy atom. The van der Waals surface area contributed by atoms with Crippen molar-refractivity contribution < 1.29 is 4.39 Å². The zero-order valence-electron chi connectivity index (χ0n) is 17.0. The molecule has 31 heavy (non-hydrogen) atoms. The predicted molar refractivity (Wildman–Crippen MR) is 123 cm³/mol. The largest absolute Gasteiger partial charge is 0.368 e. The summed E-state index contributed by atoms with van der Waals surface area (Å²) in [7, 11) is 0. The number of aromatic nitrogens is 4. The molecule has 0 saturated carbocycles. The maximum absolute atomic E-state index is 14.8. The van der Waals surface area contributed by atoms with Gasteiger partial charge in [-0.25, -0.2) is 14.4 Å². The third-order valence-corrected chi connectivity index (χ3v) is 5.52. The molecule has 2 aromatic carbocycles. The van der Waals surface area contributed by atoms with Crippen molar-refractivity contribution in [2.45, 2.75) is 25.6 Å². The van der Waals surface area contributed by atoms with Gasteiger partial charge in [-0.1, -0.05) is 36.4 Å². The van der Waals surface area contributed by atoms with Gasteiger partial charge in [0.2, 0.25) is 5.95 Å². The summed E-state index contributed by atoms with van der Waals surface area (Å²) in [6.45, 7) is 3.72. The zero-order chi connectivity index (χ0) is 22.0.